The van der Waals surface area contributed by atoms with E-state index < -0.39 is 35.7 Å². The molecule has 1 saturated heterocycles. The highest BCUT2D eigenvalue weighted by Crippen LogP contribution is 2.21. The maximum absolute atomic E-state index is 5.97. The Hall–Kier alpha value is 0.188. The van der Waals surface area contributed by atoms with E-state index in [1.54, 1.807) is 11.4 Å². The molecule has 3 atom stereocenters. The van der Waals surface area contributed by atoms with Crippen molar-refractivity contribution in [2.45, 2.75) is 26.2 Å². The minimum atomic E-state index is -2.31. The standard InChI is InChI=1S/C8H20O4Si4/c1-7-14-11-15(4,5)9-13(3)10-16(6,8-2)12-14/h7-8,13-14H,1-2H2,3-6H3. The average molecular weight is 293 g/mol. The molecule has 0 N–H and O–H groups in total. The van der Waals surface area contributed by atoms with Crippen LogP contribution in [0.3, 0.4) is 0 Å². The molecule has 1 aliphatic heterocycles. The van der Waals surface area contributed by atoms with E-state index in [0.29, 0.717) is 0 Å². The Labute approximate surface area is 103 Å². The minimum Gasteiger partial charge on any atom is -0.418 e. The van der Waals surface area contributed by atoms with Gasteiger partial charge in [0.15, 0.2) is 0 Å². The van der Waals surface area contributed by atoms with E-state index in [4.69, 9.17) is 16.5 Å². The molecule has 1 rings (SSSR count). The van der Waals surface area contributed by atoms with E-state index in [1.165, 1.54) is 0 Å². The molecule has 1 heterocycles. The lowest BCUT2D eigenvalue weighted by Gasteiger charge is -2.38. The Kier molecular flexibility index (Phi) is 4.65. The molecule has 92 valence electrons. The Morgan fingerprint density at radius 2 is 1.62 bits per heavy atom. The van der Waals surface area contributed by atoms with Gasteiger partial charge in [-0.25, -0.2) is 0 Å². The van der Waals surface area contributed by atoms with Gasteiger partial charge in [-0.05, 0) is 26.2 Å². The highest BCUT2D eigenvalue weighted by atomic mass is 28.5. The van der Waals surface area contributed by atoms with Crippen LogP contribution in [0.2, 0.25) is 26.2 Å². The van der Waals surface area contributed by atoms with E-state index in [1.807, 2.05) is 26.2 Å². The number of hydrogen-bond donors (Lipinski definition) is 0. The number of hydrogen-bond acceptors (Lipinski definition) is 4. The summed E-state index contributed by atoms with van der Waals surface area (Å²) in [5.74, 6) is 0. The second-order valence-corrected chi connectivity index (χ2v) is 15.6. The SMILES string of the molecule is C=C[SiH]1O[Si](C)(C)O[SiH](C)O[Si](C)(C=C)O1. The van der Waals surface area contributed by atoms with Crippen molar-refractivity contribution in [1.29, 1.82) is 0 Å². The summed E-state index contributed by atoms with van der Waals surface area (Å²) < 4.78 is 23.8. The van der Waals surface area contributed by atoms with Crippen LogP contribution in [0.5, 0.6) is 0 Å². The molecule has 0 amide bonds. The lowest BCUT2D eigenvalue weighted by atomic mass is 11.3. The molecule has 0 spiro atoms. The molecular weight excluding hydrogens is 272 g/mol. The second kappa shape index (κ2) is 5.23. The van der Waals surface area contributed by atoms with Crippen molar-refractivity contribution >= 4 is 35.7 Å². The van der Waals surface area contributed by atoms with Gasteiger partial charge in [0.25, 0.3) is 0 Å². The predicted molar refractivity (Wildman–Crippen MR) is 74.0 cm³/mol. The number of rotatable bonds is 2. The first-order valence-electron chi connectivity index (χ1n) is 5.28. The summed E-state index contributed by atoms with van der Waals surface area (Å²) in [6, 6.07) is 0. The van der Waals surface area contributed by atoms with E-state index in [0.717, 1.165) is 0 Å². The summed E-state index contributed by atoms with van der Waals surface area (Å²) in [6.45, 7) is 15.6. The van der Waals surface area contributed by atoms with Crippen LogP contribution in [0.1, 0.15) is 0 Å². The zero-order valence-electron chi connectivity index (χ0n) is 10.4. The third kappa shape index (κ3) is 3.89. The van der Waals surface area contributed by atoms with Gasteiger partial charge in [-0.2, -0.15) is 0 Å². The van der Waals surface area contributed by atoms with Gasteiger partial charge in [-0.1, -0.05) is 11.4 Å². The zero-order chi connectivity index (χ0) is 12.4. The van der Waals surface area contributed by atoms with Gasteiger partial charge in [0.1, 0.15) is 0 Å². The molecule has 1 fully saturated rings. The van der Waals surface area contributed by atoms with Crippen LogP contribution in [0.15, 0.2) is 24.6 Å². The van der Waals surface area contributed by atoms with Crippen LogP contribution in [0.25, 0.3) is 0 Å². The monoisotopic (exact) mass is 292 g/mol. The fourth-order valence-corrected chi connectivity index (χ4v) is 15.7. The molecule has 0 aromatic heterocycles. The van der Waals surface area contributed by atoms with Crippen LogP contribution in [-0.2, 0) is 16.5 Å². The van der Waals surface area contributed by atoms with Crippen LogP contribution >= 0.6 is 0 Å². The topological polar surface area (TPSA) is 36.9 Å². The normalized spacial score (nSPS) is 39.5. The van der Waals surface area contributed by atoms with Gasteiger partial charge in [0.2, 0.25) is 0 Å². The third-order valence-electron chi connectivity index (χ3n) is 2.16. The summed E-state index contributed by atoms with van der Waals surface area (Å²) in [4.78, 5) is 0. The molecular formula is C8H20O4Si4. The van der Waals surface area contributed by atoms with Crippen LogP contribution < -0.4 is 0 Å². The highest BCUT2D eigenvalue weighted by Gasteiger charge is 2.42. The summed E-state index contributed by atoms with van der Waals surface area (Å²) in [7, 11) is -7.99. The first-order valence-corrected chi connectivity index (χ1v) is 14.2. The van der Waals surface area contributed by atoms with Crippen molar-refractivity contribution in [2.75, 3.05) is 0 Å². The minimum absolute atomic E-state index is 1.68. The van der Waals surface area contributed by atoms with Crippen molar-refractivity contribution in [3.05, 3.63) is 24.6 Å². The molecule has 8 heteroatoms. The summed E-state index contributed by atoms with van der Waals surface area (Å²) in [5, 5.41) is 0. The summed E-state index contributed by atoms with van der Waals surface area (Å²) in [6.07, 6.45) is 0. The molecule has 3 unspecified atom stereocenters. The van der Waals surface area contributed by atoms with E-state index in [9.17, 15) is 0 Å². The fourth-order valence-electron chi connectivity index (χ4n) is 1.54. The van der Waals surface area contributed by atoms with Gasteiger partial charge in [-0.3, -0.25) is 0 Å². The molecule has 0 aliphatic carbocycles. The van der Waals surface area contributed by atoms with Crippen LogP contribution in [-0.4, -0.2) is 35.7 Å². The molecule has 0 saturated carbocycles. The van der Waals surface area contributed by atoms with E-state index in [-0.39, 0.29) is 0 Å². The lowest BCUT2D eigenvalue weighted by molar-refractivity contribution is 0.272. The predicted octanol–water partition coefficient (Wildman–Crippen LogP) is 1.36. The molecule has 0 bridgehead atoms. The maximum Gasteiger partial charge on any atom is 0.343 e. The summed E-state index contributed by atoms with van der Waals surface area (Å²) >= 11 is 0. The fraction of sp³-hybridized carbons (Fsp3) is 0.500. The van der Waals surface area contributed by atoms with Crippen molar-refractivity contribution in [3.8, 4) is 0 Å². The van der Waals surface area contributed by atoms with Gasteiger partial charge in [0.05, 0.1) is 0 Å². The Balaban J connectivity index is 2.88. The highest BCUT2D eigenvalue weighted by molar-refractivity contribution is 6.87. The van der Waals surface area contributed by atoms with Crippen molar-refractivity contribution in [1.82, 2.24) is 0 Å². The second-order valence-electron chi connectivity index (χ2n) is 4.26. The van der Waals surface area contributed by atoms with E-state index >= 15 is 0 Å². The Morgan fingerprint density at radius 1 is 1.00 bits per heavy atom. The molecule has 0 aromatic carbocycles. The molecule has 16 heavy (non-hydrogen) atoms. The first kappa shape index (κ1) is 14.2. The van der Waals surface area contributed by atoms with Crippen LogP contribution in [0, 0.1) is 0 Å². The van der Waals surface area contributed by atoms with Gasteiger partial charge in [0, 0.05) is 0 Å². The quantitative estimate of drug-likeness (QED) is 0.720. The first-order chi connectivity index (χ1) is 7.30. The maximum atomic E-state index is 5.97. The molecule has 1 aliphatic rings. The van der Waals surface area contributed by atoms with Crippen LogP contribution in [0.4, 0.5) is 0 Å². The Bertz CT molecular complexity index is 285. The van der Waals surface area contributed by atoms with Crippen molar-refractivity contribution < 1.29 is 16.5 Å². The van der Waals surface area contributed by atoms with Gasteiger partial charge in [-0.15, -0.1) is 13.2 Å². The van der Waals surface area contributed by atoms with Gasteiger partial charge >= 0.3 is 35.7 Å². The Morgan fingerprint density at radius 3 is 2.12 bits per heavy atom. The van der Waals surface area contributed by atoms with Crippen molar-refractivity contribution in [3.63, 3.8) is 0 Å². The lowest BCUT2D eigenvalue weighted by Crippen LogP contribution is -2.56. The van der Waals surface area contributed by atoms with Crippen molar-refractivity contribution in [2.24, 2.45) is 0 Å². The van der Waals surface area contributed by atoms with E-state index in [2.05, 4.69) is 13.2 Å². The average Bonchev–Trinajstić information content (AvgIpc) is 2.13. The molecule has 0 radical (unpaired) electrons. The van der Waals surface area contributed by atoms with Gasteiger partial charge < -0.3 is 16.5 Å². The third-order valence-corrected chi connectivity index (χ3v) is 16.1. The largest absolute Gasteiger partial charge is 0.418 e. The smallest absolute Gasteiger partial charge is 0.343 e. The molecule has 0 aromatic rings. The summed E-state index contributed by atoms with van der Waals surface area (Å²) in [5.41, 5.74) is 3.56. The zero-order valence-corrected chi connectivity index (χ0v) is 14.7. The molecule has 4 nitrogen and oxygen atoms in total.